The third kappa shape index (κ3) is 3.64. The summed E-state index contributed by atoms with van der Waals surface area (Å²) < 4.78 is 1.35. The third-order valence-corrected chi connectivity index (χ3v) is 5.17. The smallest absolute Gasteiger partial charge is 0.300 e. The number of aromatic nitrogens is 3. The van der Waals surface area contributed by atoms with E-state index in [9.17, 15) is 14.4 Å². The minimum Gasteiger partial charge on any atom is -0.300 e. The number of carbonyl (C=O) groups excluding carboxylic acids is 1. The first kappa shape index (κ1) is 16.6. The van der Waals surface area contributed by atoms with E-state index in [0.717, 1.165) is 25.7 Å². The molecule has 0 bridgehead atoms. The highest BCUT2D eigenvalue weighted by molar-refractivity contribution is 7.13. The molecule has 0 saturated heterocycles. The molecule has 1 saturated carbocycles. The zero-order valence-electron chi connectivity index (χ0n) is 13.4. The summed E-state index contributed by atoms with van der Waals surface area (Å²) in [6.45, 7) is 1.63. The summed E-state index contributed by atoms with van der Waals surface area (Å²) in [6, 6.07) is -0.653. The topological polar surface area (TPSA) is 96.8 Å². The van der Waals surface area contributed by atoms with Gasteiger partial charge >= 0.3 is 5.69 Å². The molecule has 24 heavy (non-hydrogen) atoms. The normalized spacial score (nSPS) is 16.2. The molecule has 1 atom stereocenters. The Morgan fingerprint density at radius 2 is 2.21 bits per heavy atom. The molecule has 0 aromatic carbocycles. The molecule has 3 rings (SSSR count). The third-order valence-electron chi connectivity index (χ3n) is 4.48. The van der Waals surface area contributed by atoms with Crippen LogP contribution in [-0.4, -0.2) is 20.4 Å². The molecule has 128 valence electrons. The molecule has 8 heteroatoms. The largest absolute Gasteiger partial charge is 0.329 e. The second-order valence-corrected chi connectivity index (χ2v) is 7.10. The summed E-state index contributed by atoms with van der Waals surface area (Å²) in [5, 5.41) is 5.05. The number of anilines is 1. The second kappa shape index (κ2) is 7.12. The van der Waals surface area contributed by atoms with Crippen LogP contribution in [0.3, 0.4) is 0 Å². The Morgan fingerprint density at radius 3 is 2.88 bits per heavy atom. The Labute approximate surface area is 142 Å². The van der Waals surface area contributed by atoms with E-state index in [1.54, 1.807) is 18.5 Å². The number of amides is 1. The van der Waals surface area contributed by atoms with Gasteiger partial charge in [-0.1, -0.05) is 25.7 Å². The fraction of sp³-hybridized carbons (Fsp3) is 0.500. The number of aromatic amines is 1. The van der Waals surface area contributed by atoms with Crippen LogP contribution < -0.4 is 16.6 Å². The maximum absolute atomic E-state index is 12.8. The minimum atomic E-state index is -0.653. The average Bonchev–Trinajstić information content (AvgIpc) is 3.22. The number of hydrogen-bond acceptors (Lipinski definition) is 5. The van der Waals surface area contributed by atoms with Crippen LogP contribution in [0.25, 0.3) is 0 Å². The van der Waals surface area contributed by atoms with Crippen LogP contribution in [0.1, 0.15) is 43.7 Å². The van der Waals surface area contributed by atoms with Gasteiger partial charge < -0.3 is 5.32 Å². The van der Waals surface area contributed by atoms with Crippen LogP contribution >= 0.6 is 11.3 Å². The molecular weight excluding hydrogens is 328 g/mol. The van der Waals surface area contributed by atoms with E-state index in [4.69, 9.17) is 0 Å². The number of carbonyl (C=O) groups is 1. The standard InChI is InChI=1S/C16H20N4O3S/c1-10-9-20(16(23)19-13(10)21)12(8-11-4-2-3-5-11)14(22)18-15-17-6-7-24-15/h6-7,9,11-12H,2-5,8H2,1H3,(H,17,18,22)(H,19,21,23). The van der Waals surface area contributed by atoms with Crippen LogP contribution in [-0.2, 0) is 4.79 Å². The van der Waals surface area contributed by atoms with Crippen molar-refractivity contribution in [2.45, 2.75) is 45.1 Å². The van der Waals surface area contributed by atoms with Crippen molar-refractivity contribution in [3.8, 4) is 0 Å². The molecule has 1 aliphatic carbocycles. The molecule has 0 spiro atoms. The first-order valence-corrected chi connectivity index (χ1v) is 8.95. The van der Waals surface area contributed by atoms with E-state index in [2.05, 4.69) is 15.3 Å². The molecule has 1 unspecified atom stereocenters. The highest BCUT2D eigenvalue weighted by Gasteiger charge is 2.28. The van der Waals surface area contributed by atoms with Crippen molar-refractivity contribution in [3.05, 3.63) is 44.2 Å². The first-order valence-electron chi connectivity index (χ1n) is 8.07. The van der Waals surface area contributed by atoms with Gasteiger partial charge in [-0.05, 0) is 19.3 Å². The van der Waals surface area contributed by atoms with Crippen molar-refractivity contribution < 1.29 is 4.79 Å². The van der Waals surface area contributed by atoms with Crippen molar-refractivity contribution in [2.75, 3.05) is 5.32 Å². The van der Waals surface area contributed by atoms with E-state index in [0.29, 0.717) is 23.0 Å². The predicted molar refractivity (Wildman–Crippen MR) is 92.4 cm³/mol. The summed E-state index contributed by atoms with van der Waals surface area (Å²) in [5.41, 5.74) is -0.563. The van der Waals surface area contributed by atoms with E-state index in [1.165, 1.54) is 22.1 Å². The van der Waals surface area contributed by atoms with Gasteiger partial charge in [0, 0.05) is 23.3 Å². The lowest BCUT2D eigenvalue weighted by atomic mass is 9.97. The van der Waals surface area contributed by atoms with E-state index in [1.807, 2.05) is 0 Å². The van der Waals surface area contributed by atoms with E-state index < -0.39 is 17.3 Å². The lowest BCUT2D eigenvalue weighted by Gasteiger charge is -2.21. The molecule has 0 radical (unpaired) electrons. The fourth-order valence-corrected chi connectivity index (χ4v) is 3.73. The quantitative estimate of drug-likeness (QED) is 0.864. The van der Waals surface area contributed by atoms with Crippen molar-refractivity contribution in [1.82, 2.24) is 14.5 Å². The van der Waals surface area contributed by atoms with Crippen molar-refractivity contribution in [2.24, 2.45) is 5.92 Å². The molecular formula is C16H20N4O3S. The highest BCUT2D eigenvalue weighted by Crippen LogP contribution is 2.32. The summed E-state index contributed by atoms with van der Waals surface area (Å²) in [6.07, 6.45) is 8.12. The van der Waals surface area contributed by atoms with Crippen molar-refractivity contribution in [3.63, 3.8) is 0 Å². The summed E-state index contributed by atoms with van der Waals surface area (Å²) in [5.74, 6) is 0.140. The Hall–Kier alpha value is -2.22. The van der Waals surface area contributed by atoms with Gasteiger partial charge in [-0.15, -0.1) is 11.3 Å². The number of hydrogen-bond donors (Lipinski definition) is 2. The van der Waals surface area contributed by atoms with E-state index in [-0.39, 0.29) is 5.91 Å². The Bertz CT molecular complexity index is 819. The van der Waals surface area contributed by atoms with Gasteiger partial charge in [-0.3, -0.25) is 19.1 Å². The zero-order valence-corrected chi connectivity index (χ0v) is 14.3. The van der Waals surface area contributed by atoms with Crippen LogP contribution in [0.5, 0.6) is 0 Å². The zero-order chi connectivity index (χ0) is 17.1. The Kier molecular flexibility index (Phi) is 4.94. The summed E-state index contributed by atoms with van der Waals surface area (Å²) in [4.78, 5) is 42.9. The fourth-order valence-electron chi connectivity index (χ4n) is 3.20. The van der Waals surface area contributed by atoms with Gasteiger partial charge in [0.2, 0.25) is 5.91 Å². The van der Waals surface area contributed by atoms with Crippen LogP contribution in [0.2, 0.25) is 0 Å². The molecule has 1 aliphatic rings. The maximum atomic E-state index is 12.8. The van der Waals surface area contributed by atoms with Gasteiger partial charge in [-0.2, -0.15) is 0 Å². The Morgan fingerprint density at radius 1 is 1.46 bits per heavy atom. The predicted octanol–water partition coefficient (Wildman–Crippen LogP) is 2.06. The first-order chi connectivity index (χ1) is 11.5. The highest BCUT2D eigenvalue weighted by atomic mass is 32.1. The number of H-pyrrole nitrogens is 1. The average molecular weight is 348 g/mol. The van der Waals surface area contributed by atoms with Crippen LogP contribution in [0.15, 0.2) is 27.4 Å². The maximum Gasteiger partial charge on any atom is 0.329 e. The summed E-state index contributed by atoms with van der Waals surface area (Å²) >= 11 is 1.33. The number of aryl methyl sites for hydroxylation is 1. The number of thiazole rings is 1. The molecule has 1 amide bonds. The molecule has 2 heterocycles. The van der Waals surface area contributed by atoms with Crippen LogP contribution in [0, 0.1) is 12.8 Å². The van der Waals surface area contributed by atoms with Gasteiger partial charge in [0.05, 0.1) is 0 Å². The van der Waals surface area contributed by atoms with Gasteiger partial charge in [0.25, 0.3) is 5.56 Å². The summed E-state index contributed by atoms with van der Waals surface area (Å²) in [7, 11) is 0. The van der Waals surface area contributed by atoms with E-state index >= 15 is 0 Å². The monoisotopic (exact) mass is 348 g/mol. The molecule has 2 N–H and O–H groups in total. The molecule has 2 aromatic heterocycles. The molecule has 7 nitrogen and oxygen atoms in total. The molecule has 1 fully saturated rings. The van der Waals surface area contributed by atoms with Crippen molar-refractivity contribution >= 4 is 22.4 Å². The van der Waals surface area contributed by atoms with Gasteiger partial charge in [-0.25, -0.2) is 9.78 Å². The molecule has 2 aromatic rings. The Balaban J connectivity index is 1.91. The SMILES string of the molecule is Cc1cn(C(CC2CCCC2)C(=O)Nc2nccs2)c(=O)[nH]c1=O. The second-order valence-electron chi connectivity index (χ2n) is 6.21. The number of nitrogens with zero attached hydrogens (tertiary/aromatic N) is 2. The van der Waals surface area contributed by atoms with Gasteiger partial charge in [0.1, 0.15) is 6.04 Å². The number of nitrogens with one attached hydrogen (secondary N) is 2. The number of rotatable bonds is 5. The van der Waals surface area contributed by atoms with Crippen LogP contribution in [0.4, 0.5) is 5.13 Å². The lowest BCUT2D eigenvalue weighted by Crippen LogP contribution is -2.38. The molecule has 0 aliphatic heterocycles. The van der Waals surface area contributed by atoms with Gasteiger partial charge in [0.15, 0.2) is 5.13 Å². The minimum absolute atomic E-state index is 0.273. The lowest BCUT2D eigenvalue weighted by molar-refractivity contribution is -0.119. The van der Waals surface area contributed by atoms with Crippen molar-refractivity contribution in [1.29, 1.82) is 0 Å².